The molecule has 0 aliphatic heterocycles. The second kappa shape index (κ2) is 18.7. The fourth-order valence-electron chi connectivity index (χ4n) is 3.56. The van der Waals surface area contributed by atoms with E-state index in [1.807, 2.05) is 12.1 Å². The Bertz CT molecular complexity index is 796. The van der Waals surface area contributed by atoms with E-state index in [-0.39, 0.29) is 6.10 Å². The molecule has 1 aromatic carbocycles. The van der Waals surface area contributed by atoms with Crippen LogP contribution in [-0.4, -0.2) is 37.5 Å². The molecule has 194 valence electrons. The predicted molar refractivity (Wildman–Crippen MR) is 149 cm³/mol. The van der Waals surface area contributed by atoms with Crippen molar-refractivity contribution < 1.29 is 13.5 Å². The summed E-state index contributed by atoms with van der Waals surface area (Å²) >= 11 is 5.32. The molecule has 0 aliphatic carbocycles. The molecule has 0 fully saturated rings. The lowest BCUT2D eigenvalue weighted by molar-refractivity contribution is 0.163. The minimum absolute atomic E-state index is 0.175. The van der Waals surface area contributed by atoms with Crippen LogP contribution < -0.4 is 15.4 Å². The summed E-state index contributed by atoms with van der Waals surface area (Å²) in [5.41, 5.74) is 1.58. The number of hydrogen-bond donors (Lipinski definition) is 4. The Morgan fingerprint density at radius 1 is 0.971 bits per heavy atom. The minimum Gasteiger partial charge on any atom is -0.393 e. The SMILES string of the molecule is CCCCCCC(O)C/C=C/CCCCCCCNC(=S)NCc1ccc(NS(C)(=O)=O)cc1. The number of unbranched alkanes of at least 4 members (excludes halogenated alkanes) is 8. The molecule has 0 saturated heterocycles. The normalized spacial score (nSPS) is 12.6. The number of aliphatic hydroxyl groups excluding tert-OH is 1. The molecule has 0 amide bonds. The molecule has 1 aromatic rings. The first-order valence-electron chi connectivity index (χ1n) is 12.7. The highest BCUT2D eigenvalue weighted by Gasteiger charge is 2.03. The van der Waals surface area contributed by atoms with Crippen molar-refractivity contribution in [3.63, 3.8) is 0 Å². The number of allylic oxidation sites excluding steroid dienone is 1. The molecule has 0 spiro atoms. The predicted octanol–water partition coefficient (Wildman–Crippen LogP) is 5.64. The van der Waals surface area contributed by atoms with Gasteiger partial charge < -0.3 is 15.7 Å². The van der Waals surface area contributed by atoms with Gasteiger partial charge in [0.25, 0.3) is 0 Å². The average molecular weight is 512 g/mol. The maximum Gasteiger partial charge on any atom is 0.229 e. The number of benzene rings is 1. The van der Waals surface area contributed by atoms with Crippen LogP contribution in [0.25, 0.3) is 0 Å². The van der Waals surface area contributed by atoms with Crippen molar-refractivity contribution in [2.75, 3.05) is 17.5 Å². The van der Waals surface area contributed by atoms with Gasteiger partial charge in [-0.25, -0.2) is 8.42 Å². The van der Waals surface area contributed by atoms with Gasteiger partial charge in [0.1, 0.15) is 0 Å². The summed E-state index contributed by atoms with van der Waals surface area (Å²) in [4.78, 5) is 0. The van der Waals surface area contributed by atoms with E-state index in [1.54, 1.807) is 12.1 Å². The maximum absolute atomic E-state index is 11.2. The molecule has 0 aromatic heterocycles. The quantitative estimate of drug-likeness (QED) is 0.109. The molecule has 0 aliphatic rings. The lowest BCUT2D eigenvalue weighted by Gasteiger charge is -2.11. The van der Waals surface area contributed by atoms with Crippen LogP contribution in [0, 0.1) is 0 Å². The molecule has 8 heteroatoms. The van der Waals surface area contributed by atoms with Crippen molar-refractivity contribution in [1.82, 2.24) is 10.6 Å². The Kier molecular flexibility index (Phi) is 16.7. The molecular formula is C26H45N3O3S2. The van der Waals surface area contributed by atoms with Crippen LogP contribution in [0.3, 0.4) is 0 Å². The van der Waals surface area contributed by atoms with E-state index < -0.39 is 10.0 Å². The van der Waals surface area contributed by atoms with Gasteiger partial charge in [-0.15, -0.1) is 0 Å². The van der Waals surface area contributed by atoms with Crippen molar-refractivity contribution in [3.8, 4) is 0 Å². The number of anilines is 1. The fraction of sp³-hybridized carbons (Fsp3) is 0.654. The zero-order valence-corrected chi connectivity index (χ0v) is 22.7. The highest BCUT2D eigenvalue weighted by atomic mass is 32.2. The molecular weight excluding hydrogens is 466 g/mol. The third-order valence-corrected chi connectivity index (χ3v) is 6.40. The molecule has 1 atom stereocenters. The summed E-state index contributed by atoms with van der Waals surface area (Å²) in [7, 11) is -3.26. The second-order valence-electron chi connectivity index (χ2n) is 8.95. The summed E-state index contributed by atoms with van der Waals surface area (Å²) in [6.07, 6.45) is 19.0. The van der Waals surface area contributed by atoms with E-state index in [0.717, 1.165) is 50.5 Å². The molecule has 1 rings (SSSR count). The van der Waals surface area contributed by atoms with Crippen LogP contribution in [0.15, 0.2) is 36.4 Å². The third-order valence-electron chi connectivity index (χ3n) is 5.51. The van der Waals surface area contributed by atoms with Crippen molar-refractivity contribution in [2.24, 2.45) is 0 Å². The summed E-state index contributed by atoms with van der Waals surface area (Å²) in [5, 5.41) is 17.0. The van der Waals surface area contributed by atoms with Gasteiger partial charge in [-0.1, -0.05) is 76.2 Å². The first-order chi connectivity index (χ1) is 16.3. The van der Waals surface area contributed by atoms with Crippen LogP contribution in [0.2, 0.25) is 0 Å². The molecule has 4 N–H and O–H groups in total. The van der Waals surface area contributed by atoms with E-state index in [2.05, 4.69) is 34.4 Å². The summed E-state index contributed by atoms with van der Waals surface area (Å²) in [6, 6.07) is 7.22. The fourth-order valence-corrected chi connectivity index (χ4v) is 4.30. The van der Waals surface area contributed by atoms with Crippen molar-refractivity contribution in [3.05, 3.63) is 42.0 Å². The number of hydrogen-bond acceptors (Lipinski definition) is 4. The molecule has 1 unspecified atom stereocenters. The van der Waals surface area contributed by atoms with E-state index in [0.29, 0.717) is 17.3 Å². The third kappa shape index (κ3) is 17.8. The van der Waals surface area contributed by atoms with Crippen molar-refractivity contribution in [1.29, 1.82) is 0 Å². The van der Waals surface area contributed by atoms with Crippen LogP contribution in [0.5, 0.6) is 0 Å². The largest absolute Gasteiger partial charge is 0.393 e. The topological polar surface area (TPSA) is 90.5 Å². The van der Waals surface area contributed by atoms with Crippen molar-refractivity contribution >= 4 is 33.0 Å². The van der Waals surface area contributed by atoms with E-state index in [4.69, 9.17) is 12.2 Å². The molecule has 0 saturated carbocycles. The van der Waals surface area contributed by atoms with Crippen molar-refractivity contribution in [2.45, 2.75) is 96.6 Å². The Labute approximate surface area is 213 Å². The van der Waals surface area contributed by atoms with Crippen LogP contribution in [0.4, 0.5) is 5.69 Å². The Balaban J connectivity index is 1.97. The highest BCUT2D eigenvalue weighted by molar-refractivity contribution is 7.92. The van der Waals surface area contributed by atoms with Crippen LogP contribution in [0.1, 0.15) is 89.5 Å². The van der Waals surface area contributed by atoms with Crippen LogP contribution in [-0.2, 0) is 16.6 Å². The number of rotatable bonds is 19. The molecule has 34 heavy (non-hydrogen) atoms. The van der Waals surface area contributed by atoms with Gasteiger partial charge in [0.05, 0.1) is 12.4 Å². The smallest absolute Gasteiger partial charge is 0.229 e. The van der Waals surface area contributed by atoms with Gasteiger partial charge >= 0.3 is 0 Å². The lowest BCUT2D eigenvalue weighted by atomic mass is 10.1. The van der Waals surface area contributed by atoms with Crippen LogP contribution >= 0.6 is 12.2 Å². The summed E-state index contributed by atoms with van der Waals surface area (Å²) in [5.74, 6) is 0. The molecule has 0 radical (unpaired) electrons. The average Bonchev–Trinajstić information content (AvgIpc) is 2.79. The van der Waals surface area contributed by atoms with Gasteiger partial charge in [0.2, 0.25) is 10.0 Å². The van der Waals surface area contributed by atoms with Gasteiger partial charge in [0, 0.05) is 18.8 Å². The standard InChI is InChI=1S/C26H45N3O3S2/c1-3-4-5-12-15-25(30)16-13-10-8-6-7-9-11-14-21-27-26(33)28-22-23-17-19-24(20-18-23)29-34(2,31)32/h10,13,17-20,25,29-30H,3-9,11-12,14-16,21-22H2,1-2H3,(H2,27,28,33)/b13-10+. The van der Waals surface area contributed by atoms with Gasteiger partial charge in [-0.05, 0) is 62.0 Å². The maximum atomic E-state index is 11.2. The molecule has 0 heterocycles. The van der Waals surface area contributed by atoms with E-state index in [1.165, 1.54) is 44.9 Å². The Morgan fingerprint density at radius 2 is 1.65 bits per heavy atom. The lowest BCUT2D eigenvalue weighted by Crippen LogP contribution is -2.35. The number of nitrogens with one attached hydrogen (secondary N) is 3. The van der Waals surface area contributed by atoms with Gasteiger partial charge in [-0.3, -0.25) is 4.72 Å². The monoisotopic (exact) mass is 511 g/mol. The molecule has 0 bridgehead atoms. The van der Waals surface area contributed by atoms with Gasteiger partial charge in [-0.2, -0.15) is 0 Å². The van der Waals surface area contributed by atoms with E-state index in [9.17, 15) is 13.5 Å². The highest BCUT2D eigenvalue weighted by Crippen LogP contribution is 2.11. The molecule has 6 nitrogen and oxygen atoms in total. The minimum atomic E-state index is -3.26. The Morgan fingerprint density at radius 3 is 2.35 bits per heavy atom. The summed E-state index contributed by atoms with van der Waals surface area (Å²) < 4.78 is 24.9. The number of aliphatic hydroxyl groups is 1. The Hall–Kier alpha value is -1.64. The van der Waals surface area contributed by atoms with Gasteiger partial charge in [0.15, 0.2) is 5.11 Å². The zero-order chi connectivity index (χ0) is 25.1. The summed E-state index contributed by atoms with van der Waals surface area (Å²) in [6.45, 7) is 3.66. The zero-order valence-electron chi connectivity index (χ0n) is 21.0. The first-order valence-corrected chi connectivity index (χ1v) is 15.0. The van der Waals surface area contributed by atoms with E-state index >= 15 is 0 Å². The number of sulfonamides is 1. The number of thiocarbonyl (C=S) groups is 1. The first kappa shape index (κ1) is 30.4. The second-order valence-corrected chi connectivity index (χ2v) is 11.1.